The molecule has 0 spiro atoms. The Labute approximate surface area is 118 Å². The van der Waals surface area contributed by atoms with Gasteiger partial charge in [0, 0.05) is 22.3 Å². The van der Waals surface area contributed by atoms with Crippen LogP contribution in [-0.4, -0.2) is 18.1 Å². The molecule has 1 heterocycles. The van der Waals surface area contributed by atoms with Gasteiger partial charge in [-0.25, -0.2) is 4.79 Å². The van der Waals surface area contributed by atoms with Crippen LogP contribution < -0.4 is 0 Å². The fourth-order valence-corrected chi connectivity index (χ4v) is 2.60. The quantitative estimate of drug-likeness (QED) is 0.504. The van der Waals surface area contributed by atoms with E-state index in [2.05, 4.69) is 20.9 Å². The zero-order valence-corrected chi connectivity index (χ0v) is 11.8. The first-order chi connectivity index (χ1) is 9.20. The summed E-state index contributed by atoms with van der Waals surface area (Å²) in [6, 6.07) is 9.56. The van der Waals surface area contributed by atoms with E-state index in [0.29, 0.717) is 5.56 Å². The molecule has 3 nitrogen and oxygen atoms in total. The Morgan fingerprint density at radius 2 is 2.00 bits per heavy atom. The molecular formula is C15H10BrNO2. The minimum atomic E-state index is -0.328. The number of hydrogen-bond acceptors (Lipinski definition) is 3. The lowest BCUT2D eigenvalue weighted by Gasteiger charge is -2.09. The van der Waals surface area contributed by atoms with E-state index in [-0.39, 0.29) is 5.97 Å². The Balaban J connectivity index is 2.51. The Kier molecular flexibility index (Phi) is 2.95. The van der Waals surface area contributed by atoms with E-state index in [0.717, 1.165) is 26.0 Å². The van der Waals surface area contributed by atoms with Crippen LogP contribution in [0.4, 0.5) is 0 Å². The number of halogens is 1. The van der Waals surface area contributed by atoms with E-state index in [4.69, 9.17) is 4.74 Å². The molecule has 4 heteroatoms. The van der Waals surface area contributed by atoms with Gasteiger partial charge in [0.15, 0.2) is 0 Å². The summed E-state index contributed by atoms with van der Waals surface area (Å²) < 4.78 is 5.82. The van der Waals surface area contributed by atoms with Crippen molar-refractivity contribution in [2.24, 2.45) is 0 Å². The fourth-order valence-electron chi connectivity index (χ4n) is 2.24. The predicted molar refractivity (Wildman–Crippen MR) is 78.3 cm³/mol. The van der Waals surface area contributed by atoms with Gasteiger partial charge in [-0.15, -0.1) is 0 Å². The lowest BCUT2D eigenvalue weighted by molar-refractivity contribution is 0.0603. The average molecular weight is 316 g/mol. The minimum Gasteiger partial charge on any atom is -0.465 e. The number of esters is 1. The average Bonchev–Trinajstić information content (AvgIpc) is 2.45. The second-order valence-corrected chi connectivity index (χ2v) is 5.12. The van der Waals surface area contributed by atoms with Crippen LogP contribution in [0.5, 0.6) is 0 Å². The Bertz CT molecular complexity index is 799. The number of carbonyl (C=O) groups excluding carboxylic acids is 1. The van der Waals surface area contributed by atoms with Crippen molar-refractivity contribution in [3.63, 3.8) is 0 Å². The van der Waals surface area contributed by atoms with Gasteiger partial charge in [-0.05, 0) is 40.4 Å². The molecule has 0 N–H and O–H groups in total. The van der Waals surface area contributed by atoms with Crippen molar-refractivity contribution in [3.05, 3.63) is 52.8 Å². The van der Waals surface area contributed by atoms with Crippen LogP contribution in [0.2, 0.25) is 0 Å². The van der Waals surface area contributed by atoms with E-state index in [9.17, 15) is 4.79 Å². The third kappa shape index (κ3) is 1.98. The van der Waals surface area contributed by atoms with E-state index in [1.165, 1.54) is 7.11 Å². The Morgan fingerprint density at radius 3 is 2.79 bits per heavy atom. The van der Waals surface area contributed by atoms with Gasteiger partial charge in [0.2, 0.25) is 0 Å². The first-order valence-electron chi connectivity index (χ1n) is 5.75. The van der Waals surface area contributed by atoms with Crippen molar-refractivity contribution >= 4 is 43.4 Å². The molecule has 0 saturated carbocycles. The van der Waals surface area contributed by atoms with Gasteiger partial charge in [-0.1, -0.05) is 22.0 Å². The number of methoxy groups -OCH3 is 1. The van der Waals surface area contributed by atoms with Crippen molar-refractivity contribution in [2.75, 3.05) is 7.11 Å². The number of benzene rings is 2. The summed E-state index contributed by atoms with van der Waals surface area (Å²) in [6.45, 7) is 0. The van der Waals surface area contributed by atoms with Crippen LogP contribution in [-0.2, 0) is 4.74 Å². The fraction of sp³-hybridized carbons (Fsp3) is 0.0667. The van der Waals surface area contributed by atoms with Crippen molar-refractivity contribution < 1.29 is 9.53 Å². The largest absolute Gasteiger partial charge is 0.465 e. The van der Waals surface area contributed by atoms with E-state index < -0.39 is 0 Å². The first-order valence-corrected chi connectivity index (χ1v) is 6.54. The van der Waals surface area contributed by atoms with Gasteiger partial charge >= 0.3 is 5.97 Å². The maximum Gasteiger partial charge on any atom is 0.338 e. The number of hydrogen-bond donors (Lipinski definition) is 0. The van der Waals surface area contributed by atoms with Gasteiger partial charge in [0.25, 0.3) is 0 Å². The molecule has 3 aromatic rings. The number of carbonyl (C=O) groups is 1. The van der Waals surface area contributed by atoms with Gasteiger partial charge < -0.3 is 4.74 Å². The van der Waals surface area contributed by atoms with Crippen LogP contribution in [0.3, 0.4) is 0 Å². The Morgan fingerprint density at radius 1 is 1.16 bits per heavy atom. The summed E-state index contributed by atoms with van der Waals surface area (Å²) in [5.74, 6) is -0.328. The number of aromatic nitrogens is 1. The molecule has 1 aromatic heterocycles. The highest BCUT2D eigenvalue weighted by atomic mass is 79.9. The van der Waals surface area contributed by atoms with Crippen LogP contribution >= 0.6 is 15.9 Å². The second-order valence-electron chi connectivity index (χ2n) is 4.20. The second kappa shape index (κ2) is 4.63. The van der Waals surface area contributed by atoms with Crippen molar-refractivity contribution in [1.82, 2.24) is 4.98 Å². The first kappa shape index (κ1) is 12.1. The maximum absolute atomic E-state index is 11.9. The molecule has 0 saturated heterocycles. The molecule has 2 aromatic carbocycles. The minimum absolute atomic E-state index is 0.328. The molecule has 0 bridgehead atoms. The molecule has 0 fully saturated rings. The molecule has 0 aliphatic carbocycles. The van der Waals surface area contributed by atoms with Crippen molar-refractivity contribution in [2.45, 2.75) is 0 Å². The molecule has 0 radical (unpaired) electrons. The van der Waals surface area contributed by atoms with Gasteiger partial charge in [0.05, 0.1) is 12.7 Å². The van der Waals surface area contributed by atoms with Crippen LogP contribution in [0.15, 0.2) is 47.2 Å². The number of fused-ring (bicyclic) bond motifs is 3. The standard InChI is InChI=1S/C15H10BrNO2/c1-19-15(18)13-6-9-4-5-17-8-14(9)12-7-10(16)2-3-11(12)13/h2-8H,1H3. The SMILES string of the molecule is COC(=O)c1cc2ccncc2c2cc(Br)ccc12. The number of pyridine rings is 1. The van der Waals surface area contributed by atoms with Crippen LogP contribution in [0.1, 0.15) is 10.4 Å². The summed E-state index contributed by atoms with van der Waals surface area (Å²) in [5.41, 5.74) is 0.573. The molecule has 0 atom stereocenters. The summed E-state index contributed by atoms with van der Waals surface area (Å²) >= 11 is 3.46. The van der Waals surface area contributed by atoms with Crippen molar-refractivity contribution in [3.8, 4) is 0 Å². The number of nitrogens with zero attached hydrogens (tertiary/aromatic N) is 1. The number of ether oxygens (including phenoxy) is 1. The highest BCUT2D eigenvalue weighted by Gasteiger charge is 2.13. The molecule has 0 unspecified atom stereocenters. The molecule has 0 aliphatic heterocycles. The third-order valence-corrected chi connectivity index (χ3v) is 3.62. The third-order valence-electron chi connectivity index (χ3n) is 3.12. The molecule has 19 heavy (non-hydrogen) atoms. The van der Waals surface area contributed by atoms with E-state index in [1.807, 2.05) is 36.5 Å². The molecule has 0 aliphatic rings. The highest BCUT2D eigenvalue weighted by molar-refractivity contribution is 9.10. The van der Waals surface area contributed by atoms with E-state index >= 15 is 0 Å². The molecule has 3 rings (SSSR count). The van der Waals surface area contributed by atoms with Gasteiger partial charge in [0.1, 0.15) is 0 Å². The summed E-state index contributed by atoms with van der Waals surface area (Å²) in [5, 5.41) is 3.85. The van der Waals surface area contributed by atoms with Crippen LogP contribution in [0.25, 0.3) is 21.5 Å². The summed E-state index contributed by atoms with van der Waals surface area (Å²) in [6.07, 6.45) is 3.53. The highest BCUT2D eigenvalue weighted by Crippen LogP contribution is 2.30. The zero-order chi connectivity index (χ0) is 13.4. The predicted octanol–water partition coefficient (Wildman–Crippen LogP) is 3.94. The zero-order valence-electron chi connectivity index (χ0n) is 10.2. The van der Waals surface area contributed by atoms with Gasteiger partial charge in [-0.3, -0.25) is 4.98 Å². The van der Waals surface area contributed by atoms with Gasteiger partial charge in [-0.2, -0.15) is 0 Å². The topological polar surface area (TPSA) is 39.2 Å². The summed E-state index contributed by atoms with van der Waals surface area (Å²) in [7, 11) is 1.39. The molecule has 94 valence electrons. The smallest absolute Gasteiger partial charge is 0.338 e. The lowest BCUT2D eigenvalue weighted by Crippen LogP contribution is -2.02. The molecular weight excluding hydrogens is 306 g/mol. The lowest BCUT2D eigenvalue weighted by atomic mass is 9.98. The van der Waals surface area contributed by atoms with Crippen molar-refractivity contribution in [1.29, 1.82) is 0 Å². The summed E-state index contributed by atoms with van der Waals surface area (Å²) in [4.78, 5) is 16.1. The maximum atomic E-state index is 11.9. The monoisotopic (exact) mass is 315 g/mol. The van der Waals surface area contributed by atoms with E-state index in [1.54, 1.807) is 6.20 Å². The normalized spacial score (nSPS) is 10.8. The number of rotatable bonds is 1. The Hall–Kier alpha value is -1.94. The molecule has 0 amide bonds. The van der Waals surface area contributed by atoms with Crippen LogP contribution in [0, 0.1) is 0 Å².